The molecule has 1 rings (SSSR count). The molecular weight excluding hydrogens is 124 g/mol. The molecule has 0 atom stereocenters. The van der Waals surface area contributed by atoms with Crippen molar-refractivity contribution in [3.63, 3.8) is 0 Å². The van der Waals surface area contributed by atoms with Gasteiger partial charge >= 0.3 is 0 Å². The highest BCUT2D eigenvalue weighted by Gasteiger charge is 2.01. The Morgan fingerprint density at radius 1 is 1.90 bits per heavy atom. The maximum absolute atomic E-state index is 4.01. The van der Waals surface area contributed by atoms with Gasteiger partial charge in [0.05, 0.1) is 0 Å². The van der Waals surface area contributed by atoms with Crippen molar-refractivity contribution in [1.82, 2.24) is 5.32 Å². The van der Waals surface area contributed by atoms with Crippen LogP contribution in [0.2, 0.25) is 0 Å². The number of nitrogens with one attached hydrogen (secondary N) is 1. The molecule has 0 amide bonds. The second-order valence-electron chi connectivity index (χ2n) is 2.20. The van der Waals surface area contributed by atoms with Crippen LogP contribution < -0.4 is 5.32 Å². The molecule has 0 aliphatic carbocycles. The third-order valence-electron chi connectivity index (χ3n) is 1.36. The number of nitrogens with zero attached hydrogens (tertiary/aromatic N) is 1. The number of allylic oxidation sites excluding steroid dienone is 2. The van der Waals surface area contributed by atoms with Gasteiger partial charge in [0.25, 0.3) is 0 Å². The predicted octanol–water partition coefficient (Wildman–Crippen LogP) is 1.47. The average molecular weight is 136 g/mol. The lowest BCUT2D eigenvalue weighted by atomic mass is 10.2. The average Bonchev–Trinajstić information content (AvgIpc) is 1.94. The second-order valence-corrected chi connectivity index (χ2v) is 2.20. The van der Waals surface area contributed by atoms with Gasteiger partial charge in [-0.1, -0.05) is 19.6 Å². The summed E-state index contributed by atoms with van der Waals surface area (Å²) in [6.45, 7) is 6.62. The molecule has 1 N–H and O–H groups in total. The Kier molecular flexibility index (Phi) is 2.26. The van der Waals surface area contributed by atoms with E-state index >= 15 is 0 Å². The van der Waals surface area contributed by atoms with Gasteiger partial charge < -0.3 is 5.32 Å². The lowest BCUT2D eigenvalue weighted by molar-refractivity contribution is 0.823. The van der Waals surface area contributed by atoms with Gasteiger partial charge in [-0.05, 0) is 6.42 Å². The van der Waals surface area contributed by atoms with Crippen LogP contribution in [0.25, 0.3) is 0 Å². The van der Waals surface area contributed by atoms with Crippen molar-refractivity contribution < 1.29 is 0 Å². The van der Waals surface area contributed by atoms with E-state index < -0.39 is 0 Å². The molecule has 0 radical (unpaired) electrons. The molecule has 0 saturated carbocycles. The molecule has 0 aromatic heterocycles. The third kappa shape index (κ3) is 1.47. The van der Waals surface area contributed by atoms with Gasteiger partial charge in [-0.25, -0.2) is 0 Å². The largest absolute Gasteiger partial charge is 0.366 e. The van der Waals surface area contributed by atoms with E-state index in [1.807, 2.05) is 0 Å². The van der Waals surface area contributed by atoms with E-state index in [1.54, 1.807) is 6.21 Å². The van der Waals surface area contributed by atoms with Gasteiger partial charge in [-0.3, -0.25) is 4.99 Å². The van der Waals surface area contributed by atoms with Crippen molar-refractivity contribution in [2.45, 2.75) is 13.3 Å². The number of aliphatic imine (C=N–C) groups is 1. The van der Waals surface area contributed by atoms with Crippen molar-refractivity contribution in [1.29, 1.82) is 0 Å². The van der Waals surface area contributed by atoms with Crippen LogP contribution in [0.15, 0.2) is 28.9 Å². The number of rotatable bonds is 1. The first-order chi connectivity index (χ1) is 4.84. The summed E-state index contributed by atoms with van der Waals surface area (Å²) in [6, 6.07) is 0. The summed E-state index contributed by atoms with van der Waals surface area (Å²) in [4.78, 5) is 4.01. The molecule has 2 heteroatoms. The summed E-state index contributed by atoms with van der Waals surface area (Å²) in [6.07, 6.45) is 4.96. The van der Waals surface area contributed by atoms with Gasteiger partial charge in [0.2, 0.25) is 0 Å². The van der Waals surface area contributed by atoms with Crippen molar-refractivity contribution >= 4 is 6.21 Å². The summed E-state index contributed by atoms with van der Waals surface area (Å²) in [5.41, 5.74) is 2.10. The van der Waals surface area contributed by atoms with E-state index in [-0.39, 0.29) is 0 Å². The highest BCUT2D eigenvalue weighted by molar-refractivity contribution is 5.84. The maximum Gasteiger partial charge on any atom is 0.107 e. The molecule has 1 aliphatic heterocycles. The van der Waals surface area contributed by atoms with Crippen molar-refractivity contribution in [2.24, 2.45) is 4.99 Å². The zero-order chi connectivity index (χ0) is 7.40. The van der Waals surface area contributed by atoms with E-state index in [0.717, 1.165) is 17.7 Å². The lowest BCUT2D eigenvalue weighted by Gasteiger charge is -2.12. The standard InChI is InChI=1S/C8H12N2/c1-3-4-8-7(2)5-9-6-10-8/h4-5,10H,2-3,6H2,1H3/b8-4-. The summed E-state index contributed by atoms with van der Waals surface area (Å²) in [5, 5.41) is 3.13. The highest BCUT2D eigenvalue weighted by atomic mass is 15.0. The minimum absolute atomic E-state index is 0.685. The minimum Gasteiger partial charge on any atom is -0.366 e. The normalized spacial score (nSPS) is 21.3. The fourth-order valence-electron chi connectivity index (χ4n) is 0.877. The second kappa shape index (κ2) is 3.20. The molecule has 0 aromatic rings. The zero-order valence-electron chi connectivity index (χ0n) is 6.22. The van der Waals surface area contributed by atoms with Crippen LogP contribution in [-0.2, 0) is 0 Å². The first kappa shape index (κ1) is 7.06. The molecule has 0 spiro atoms. The van der Waals surface area contributed by atoms with E-state index in [1.165, 1.54) is 0 Å². The number of hydrogen-bond acceptors (Lipinski definition) is 2. The molecule has 54 valence electrons. The molecule has 2 nitrogen and oxygen atoms in total. The first-order valence-electron chi connectivity index (χ1n) is 3.47. The van der Waals surface area contributed by atoms with Crippen LogP contribution in [0.4, 0.5) is 0 Å². The summed E-state index contributed by atoms with van der Waals surface area (Å²) < 4.78 is 0. The Balaban J connectivity index is 2.70. The van der Waals surface area contributed by atoms with Crippen LogP contribution in [0.5, 0.6) is 0 Å². The van der Waals surface area contributed by atoms with Gasteiger partial charge in [-0.2, -0.15) is 0 Å². The highest BCUT2D eigenvalue weighted by Crippen LogP contribution is 2.05. The summed E-state index contributed by atoms with van der Waals surface area (Å²) >= 11 is 0. The monoisotopic (exact) mass is 136 g/mol. The molecule has 0 bridgehead atoms. The molecule has 0 saturated heterocycles. The van der Waals surface area contributed by atoms with Crippen LogP contribution >= 0.6 is 0 Å². The van der Waals surface area contributed by atoms with E-state index in [4.69, 9.17) is 0 Å². The Hall–Kier alpha value is -1.05. The van der Waals surface area contributed by atoms with Crippen LogP contribution in [0.3, 0.4) is 0 Å². The Bertz CT molecular complexity index is 189. The summed E-state index contributed by atoms with van der Waals surface area (Å²) in [7, 11) is 0. The Labute approximate surface area is 61.4 Å². The predicted molar refractivity (Wildman–Crippen MR) is 44.0 cm³/mol. The van der Waals surface area contributed by atoms with Crippen molar-refractivity contribution in [3.8, 4) is 0 Å². The van der Waals surface area contributed by atoms with E-state index in [0.29, 0.717) is 6.67 Å². The van der Waals surface area contributed by atoms with Gasteiger partial charge in [-0.15, -0.1) is 0 Å². The molecule has 0 aromatic carbocycles. The van der Waals surface area contributed by atoms with Crippen LogP contribution in [-0.4, -0.2) is 12.9 Å². The van der Waals surface area contributed by atoms with Crippen molar-refractivity contribution in [3.05, 3.63) is 23.9 Å². The molecule has 1 heterocycles. The maximum atomic E-state index is 4.01. The molecule has 10 heavy (non-hydrogen) atoms. The van der Waals surface area contributed by atoms with Gasteiger partial charge in [0, 0.05) is 17.5 Å². The Morgan fingerprint density at radius 2 is 2.70 bits per heavy atom. The topological polar surface area (TPSA) is 24.4 Å². The SMILES string of the molecule is C=C1C=NCN/C1=C\CC. The van der Waals surface area contributed by atoms with Gasteiger partial charge in [0.1, 0.15) is 6.67 Å². The lowest BCUT2D eigenvalue weighted by Crippen LogP contribution is -2.19. The quantitative estimate of drug-likeness (QED) is 0.580. The fourth-order valence-corrected chi connectivity index (χ4v) is 0.877. The molecule has 0 fully saturated rings. The van der Waals surface area contributed by atoms with Crippen LogP contribution in [0, 0.1) is 0 Å². The first-order valence-corrected chi connectivity index (χ1v) is 3.47. The smallest absolute Gasteiger partial charge is 0.107 e. The fraction of sp³-hybridized carbons (Fsp3) is 0.375. The third-order valence-corrected chi connectivity index (χ3v) is 1.36. The van der Waals surface area contributed by atoms with Crippen molar-refractivity contribution in [2.75, 3.05) is 6.67 Å². The molecular formula is C8H12N2. The van der Waals surface area contributed by atoms with Crippen LogP contribution in [0.1, 0.15) is 13.3 Å². The molecule has 1 aliphatic rings. The van der Waals surface area contributed by atoms with Gasteiger partial charge in [0.15, 0.2) is 0 Å². The Morgan fingerprint density at radius 3 is 3.30 bits per heavy atom. The zero-order valence-corrected chi connectivity index (χ0v) is 6.22. The minimum atomic E-state index is 0.685. The summed E-state index contributed by atoms with van der Waals surface area (Å²) in [5.74, 6) is 0. The van der Waals surface area contributed by atoms with E-state index in [9.17, 15) is 0 Å². The van der Waals surface area contributed by atoms with E-state index in [2.05, 4.69) is 29.9 Å². The number of hydrogen-bond donors (Lipinski definition) is 1. The molecule has 0 unspecified atom stereocenters.